The molecule has 1 fully saturated rings. The van der Waals surface area contributed by atoms with E-state index < -0.39 is 0 Å². The van der Waals surface area contributed by atoms with E-state index in [1.807, 2.05) is 16.2 Å². The highest BCUT2D eigenvalue weighted by Gasteiger charge is 2.28. The Morgan fingerprint density at radius 1 is 1.53 bits per heavy atom. The molecule has 1 atom stereocenters. The van der Waals surface area contributed by atoms with E-state index in [1.165, 1.54) is 23.3 Å². The van der Waals surface area contributed by atoms with Crippen LogP contribution in [0, 0.1) is 5.92 Å². The van der Waals surface area contributed by atoms with Crippen molar-refractivity contribution in [3.63, 3.8) is 0 Å². The molecular weight excluding hydrogens is 280 g/mol. The Labute approximate surface area is 124 Å². The fourth-order valence-electron chi connectivity index (χ4n) is 2.66. The molecule has 0 radical (unpaired) electrons. The van der Waals surface area contributed by atoms with Gasteiger partial charge in [0.15, 0.2) is 0 Å². The van der Waals surface area contributed by atoms with Crippen molar-refractivity contribution >= 4 is 29.7 Å². The van der Waals surface area contributed by atoms with E-state index in [-0.39, 0.29) is 24.4 Å². The fraction of sp³-hybridized carbons (Fsp3) is 0.643. The Hall–Kier alpha value is -0.580. The first-order chi connectivity index (χ1) is 8.75. The van der Waals surface area contributed by atoms with Gasteiger partial charge in [0.2, 0.25) is 5.91 Å². The van der Waals surface area contributed by atoms with Crippen LogP contribution >= 0.6 is 23.7 Å². The molecule has 1 unspecified atom stereocenters. The summed E-state index contributed by atoms with van der Waals surface area (Å²) >= 11 is 1.82. The van der Waals surface area contributed by atoms with Gasteiger partial charge in [-0.25, -0.2) is 0 Å². The first kappa shape index (κ1) is 14.8. The molecule has 2 aliphatic rings. The van der Waals surface area contributed by atoms with Gasteiger partial charge in [0.1, 0.15) is 0 Å². The summed E-state index contributed by atoms with van der Waals surface area (Å²) in [6.45, 7) is 4.53. The number of amides is 1. The number of nitrogens with zero attached hydrogens (tertiary/aromatic N) is 1. The van der Waals surface area contributed by atoms with Crippen LogP contribution in [0.1, 0.15) is 36.2 Å². The molecule has 19 heavy (non-hydrogen) atoms. The van der Waals surface area contributed by atoms with Crippen LogP contribution in [0.15, 0.2) is 11.4 Å². The maximum absolute atomic E-state index is 12.2. The predicted octanol–water partition coefficient (Wildman–Crippen LogP) is 2.62. The fourth-order valence-corrected chi connectivity index (χ4v) is 3.62. The second-order valence-corrected chi connectivity index (χ2v) is 6.39. The van der Waals surface area contributed by atoms with E-state index in [1.54, 1.807) is 0 Å². The van der Waals surface area contributed by atoms with Crippen LogP contribution in [-0.4, -0.2) is 30.4 Å². The van der Waals surface area contributed by atoms with Gasteiger partial charge in [0.05, 0.1) is 12.6 Å². The van der Waals surface area contributed by atoms with Crippen LogP contribution in [0.2, 0.25) is 0 Å². The lowest BCUT2D eigenvalue weighted by atomic mass is 10.0. The Kier molecular flexibility index (Phi) is 4.87. The summed E-state index contributed by atoms with van der Waals surface area (Å²) in [5, 5.41) is 5.43. The molecule has 5 heteroatoms. The lowest BCUT2D eigenvalue weighted by molar-refractivity contribution is -0.132. The Morgan fingerprint density at radius 3 is 3.05 bits per heavy atom. The number of rotatable bonds is 4. The molecule has 3 rings (SSSR count). The molecule has 1 amide bonds. The summed E-state index contributed by atoms with van der Waals surface area (Å²) < 4.78 is 0. The minimum absolute atomic E-state index is 0. The van der Waals surface area contributed by atoms with Crippen LogP contribution in [0.5, 0.6) is 0 Å². The highest BCUT2D eigenvalue weighted by atomic mass is 35.5. The number of carbonyl (C=O) groups is 1. The second kappa shape index (κ2) is 6.25. The molecule has 1 N–H and O–H groups in total. The first-order valence-corrected chi connectivity index (χ1v) is 7.70. The minimum atomic E-state index is 0. The zero-order valence-corrected chi connectivity index (χ0v) is 12.9. The van der Waals surface area contributed by atoms with Crippen molar-refractivity contribution in [3.8, 4) is 0 Å². The number of hydrogen-bond donors (Lipinski definition) is 1. The van der Waals surface area contributed by atoms with Gasteiger partial charge in [-0.05, 0) is 55.7 Å². The normalized spacial score (nSPS) is 21.7. The average Bonchev–Trinajstić information content (AvgIpc) is 3.05. The molecule has 106 valence electrons. The summed E-state index contributed by atoms with van der Waals surface area (Å²) in [7, 11) is 0. The molecule has 0 aromatic carbocycles. The van der Waals surface area contributed by atoms with Gasteiger partial charge in [0.25, 0.3) is 0 Å². The zero-order chi connectivity index (χ0) is 12.5. The van der Waals surface area contributed by atoms with Gasteiger partial charge in [-0.15, -0.1) is 23.7 Å². The molecule has 1 aromatic rings. The van der Waals surface area contributed by atoms with Gasteiger partial charge >= 0.3 is 0 Å². The van der Waals surface area contributed by atoms with Gasteiger partial charge in [-0.2, -0.15) is 0 Å². The minimum Gasteiger partial charge on any atom is -0.334 e. The van der Waals surface area contributed by atoms with E-state index in [0.29, 0.717) is 6.54 Å². The van der Waals surface area contributed by atoms with Gasteiger partial charge < -0.3 is 10.2 Å². The van der Waals surface area contributed by atoms with E-state index in [0.717, 1.165) is 25.4 Å². The summed E-state index contributed by atoms with van der Waals surface area (Å²) in [6, 6.07) is 2.41. The van der Waals surface area contributed by atoms with Crippen LogP contribution in [-0.2, 0) is 11.2 Å². The molecule has 0 saturated heterocycles. The van der Waals surface area contributed by atoms with Gasteiger partial charge in [0, 0.05) is 11.4 Å². The number of fused-ring (bicyclic) bond motifs is 1. The molecule has 1 aliphatic carbocycles. The molecule has 2 heterocycles. The summed E-state index contributed by atoms with van der Waals surface area (Å²) in [5.74, 6) is 1.08. The summed E-state index contributed by atoms with van der Waals surface area (Å²) in [5.41, 5.74) is 1.35. The number of thiophene rings is 1. The average molecular weight is 301 g/mol. The third-order valence-electron chi connectivity index (χ3n) is 4.00. The molecule has 1 aromatic heterocycles. The molecule has 0 spiro atoms. The number of hydrogen-bond acceptors (Lipinski definition) is 3. The van der Waals surface area contributed by atoms with Crippen molar-refractivity contribution in [3.05, 3.63) is 21.9 Å². The third-order valence-corrected chi connectivity index (χ3v) is 5.00. The summed E-state index contributed by atoms with van der Waals surface area (Å²) in [6.07, 6.45) is 3.69. The third kappa shape index (κ3) is 3.30. The standard InChI is InChI=1S/C14H20N2OS.ClH/c1-10-12-5-7-18-13(12)4-6-16(10)14(17)9-15-8-11-2-3-11;/h5,7,10-11,15H,2-4,6,8-9H2,1H3;1H. The molecule has 1 aliphatic heterocycles. The SMILES string of the molecule is CC1c2ccsc2CCN1C(=O)CNCC1CC1.Cl. The maximum Gasteiger partial charge on any atom is 0.237 e. The maximum atomic E-state index is 12.2. The van der Waals surface area contributed by atoms with Crippen molar-refractivity contribution in [1.82, 2.24) is 10.2 Å². The lowest BCUT2D eigenvalue weighted by Crippen LogP contribution is -2.43. The topological polar surface area (TPSA) is 32.3 Å². The predicted molar refractivity (Wildman–Crippen MR) is 81.0 cm³/mol. The number of halogens is 1. The van der Waals surface area contributed by atoms with E-state index in [4.69, 9.17) is 0 Å². The van der Waals surface area contributed by atoms with Crippen molar-refractivity contribution in [2.24, 2.45) is 5.92 Å². The van der Waals surface area contributed by atoms with Crippen LogP contribution in [0.3, 0.4) is 0 Å². The van der Waals surface area contributed by atoms with Crippen LogP contribution in [0.25, 0.3) is 0 Å². The van der Waals surface area contributed by atoms with Gasteiger partial charge in [-0.1, -0.05) is 0 Å². The number of carbonyl (C=O) groups excluding carboxylic acids is 1. The monoisotopic (exact) mass is 300 g/mol. The molecule has 0 bridgehead atoms. The smallest absolute Gasteiger partial charge is 0.237 e. The van der Waals surface area contributed by atoms with Crippen molar-refractivity contribution in [1.29, 1.82) is 0 Å². The van der Waals surface area contributed by atoms with Crippen molar-refractivity contribution in [2.75, 3.05) is 19.6 Å². The molecular formula is C14H21ClN2OS. The quantitative estimate of drug-likeness (QED) is 0.927. The van der Waals surface area contributed by atoms with Crippen molar-refractivity contribution in [2.45, 2.75) is 32.2 Å². The first-order valence-electron chi connectivity index (χ1n) is 6.82. The molecule has 1 saturated carbocycles. The zero-order valence-electron chi connectivity index (χ0n) is 11.2. The Balaban J connectivity index is 0.00000133. The van der Waals surface area contributed by atoms with Crippen molar-refractivity contribution < 1.29 is 4.79 Å². The largest absolute Gasteiger partial charge is 0.334 e. The lowest BCUT2D eigenvalue weighted by Gasteiger charge is -2.33. The Morgan fingerprint density at radius 2 is 2.32 bits per heavy atom. The second-order valence-electron chi connectivity index (χ2n) is 5.39. The van der Waals surface area contributed by atoms with Gasteiger partial charge in [-0.3, -0.25) is 4.79 Å². The summed E-state index contributed by atoms with van der Waals surface area (Å²) in [4.78, 5) is 15.7. The van der Waals surface area contributed by atoms with Crippen LogP contribution in [0.4, 0.5) is 0 Å². The van der Waals surface area contributed by atoms with E-state index >= 15 is 0 Å². The van der Waals surface area contributed by atoms with Crippen LogP contribution < -0.4 is 5.32 Å². The number of nitrogens with one attached hydrogen (secondary N) is 1. The molecule has 3 nitrogen and oxygen atoms in total. The van der Waals surface area contributed by atoms with E-state index in [2.05, 4.69) is 23.7 Å². The highest BCUT2D eigenvalue weighted by Crippen LogP contribution is 2.32. The Bertz CT molecular complexity index is 444. The van der Waals surface area contributed by atoms with E-state index in [9.17, 15) is 4.79 Å². The highest BCUT2D eigenvalue weighted by molar-refractivity contribution is 7.10.